The van der Waals surface area contributed by atoms with E-state index in [1.54, 1.807) is 13.4 Å². The lowest BCUT2D eigenvalue weighted by molar-refractivity contribution is -0.140. The van der Waals surface area contributed by atoms with Crippen LogP contribution in [0.25, 0.3) is 0 Å². The van der Waals surface area contributed by atoms with Crippen LogP contribution < -0.4 is 16.0 Å². The minimum atomic E-state index is -0.806. The summed E-state index contributed by atoms with van der Waals surface area (Å²) in [5.74, 6) is -2.45. The van der Waals surface area contributed by atoms with E-state index in [1.165, 1.54) is 49.5 Å². The van der Waals surface area contributed by atoms with Gasteiger partial charge < -0.3 is 25.6 Å². The Labute approximate surface area is 250 Å². The lowest BCUT2D eigenvalue weighted by Gasteiger charge is -2.23. The van der Waals surface area contributed by atoms with Crippen LogP contribution in [-0.2, 0) is 28.7 Å². The molecule has 0 radical (unpaired) electrons. The first-order valence-corrected chi connectivity index (χ1v) is 14.8. The van der Waals surface area contributed by atoms with Crippen LogP contribution in [0.2, 0.25) is 0 Å². The minimum Gasteiger partial charge on any atom is -0.385 e. The van der Waals surface area contributed by atoms with Gasteiger partial charge in [-0.15, -0.1) is 6.58 Å². The van der Waals surface area contributed by atoms with Gasteiger partial charge in [-0.25, -0.2) is 0 Å². The van der Waals surface area contributed by atoms with E-state index in [4.69, 9.17) is 4.74 Å². The summed E-state index contributed by atoms with van der Waals surface area (Å²) in [5, 5.41) is 6.93. The summed E-state index contributed by atoms with van der Waals surface area (Å²) in [5.41, 5.74) is 0. The largest absolute Gasteiger partial charge is 0.385 e. The molecule has 4 amide bonds. The molecule has 0 aromatic carbocycles. The van der Waals surface area contributed by atoms with Gasteiger partial charge in [-0.1, -0.05) is 80.2 Å². The first-order valence-electron chi connectivity index (χ1n) is 13.9. The van der Waals surface area contributed by atoms with Crippen molar-refractivity contribution in [1.29, 1.82) is 0 Å². The molecule has 0 spiro atoms. The normalized spacial score (nSPS) is 12.4. The number of ketones is 1. The first-order chi connectivity index (χ1) is 18.8. The number of ether oxygens (including phenoxy) is 1. The molecule has 40 heavy (non-hydrogen) atoms. The minimum absolute atomic E-state index is 0. The van der Waals surface area contributed by atoms with Crippen molar-refractivity contribution in [2.45, 2.75) is 99.5 Å². The maximum Gasteiger partial charge on any atom is 0.289 e. The van der Waals surface area contributed by atoms with Crippen molar-refractivity contribution in [2.75, 3.05) is 46.2 Å². The fourth-order valence-electron chi connectivity index (χ4n) is 3.05. The number of Topliss-reactive ketones (excluding diaryl/α,β-unsaturated/α-hetero) is 1. The Balaban J connectivity index is -0.000000200. The molecule has 1 fully saturated rings. The average Bonchev–Trinajstić information content (AvgIpc) is 3.46. The monoisotopic (exact) mass is 592 g/mol. The number of thiol groups is 1. The maximum absolute atomic E-state index is 12.1. The molecule has 1 atom stereocenters. The first kappa shape index (κ1) is 47.4. The van der Waals surface area contributed by atoms with Gasteiger partial charge in [0.1, 0.15) is 6.04 Å². The number of amides is 4. The van der Waals surface area contributed by atoms with Crippen molar-refractivity contribution in [3.8, 4) is 0 Å². The molecule has 3 N–H and O–H groups in total. The van der Waals surface area contributed by atoms with Crippen molar-refractivity contribution in [3.05, 3.63) is 12.7 Å². The van der Waals surface area contributed by atoms with Gasteiger partial charge in [-0.2, -0.15) is 12.6 Å². The van der Waals surface area contributed by atoms with Crippen molar-refractivity contribution in [3.63, 3.8) is 0 Å². The summed E-state index contributed by atoms with van der Waals surface area (Å²) in [6.07, 6.45) is 12.5. The zero-order chi connectivity index (χ0) is 30.9. The van der Waals surface area contributed by atoms with Gasteiger partial charge in [0.2, 0.25) is 24.0 Å². The smallest absolute Gasteiger partial charge is 0.289 e. The number of carbonyl (C=O) groups excluding carboxylic acids is 5. The Kier molecular flexibility index (Phi) is 45.9. The highest BCUT2D eigenvalue weighted by molar-refractivity contribution is 7.79. The van der Waals surface area contributed by atoms with E-state index in [0.29, 0.717) is 25.8 Å². The molecule has 1 unspecified atom stereocenters. The highest BCUT2D eigenvalue weighted by Crippen LogP contribution is 2.17. The molecular weight excluding hydrogens is 532 g/mol. The number of nitrogens with one attached hydrogen (secondary N) is 3. The number of rotatable bonds is 15. The predicted molar refractivity (Wildman–Crippen MR) is 170 cm³/mol. The molecule has 1 aliphatic rings. The van der Waals surface area contributed by atoms with Crippen LogP contribution in [0.3, 0.4) is 0 Å². The second-order valence-corrected chi connectivity index (χ2v) is 8.00. The zero-order valence-electron chi connectivity index (χ0n) is 25.5. The van der Waals surface area contributed by atoms with E-state index in [2.05, 4.69) is 55.9 Å². The van der Waals surface area contributed by atoms with E-state index >= 15 is 0 Å². The Morgan fingerprint density at radius 3 is 2.08 bits per heavy atom. The average molecular weight is 593 g/mol. The van der Waals surface area contributed by atoms with Gasteiger partial charge in [0, 0.05) is 26.8 Å². The summed E-state index contributed by atoms with van der Waals surface area (Å²) < 4.78 is 4.92. The van der Waals surface area contributed by atoms with Crippen LogP contribution >= 0.6 is 12.6 Å². The van der Waals surface area contributed by atoms with E-state index in [-0.39, 0.29) is 26.4 Å². The Hall–Kier alpha value is -2.40. The third-order valence-electron chi connectivity index (χ3n) is 4.75. The number of unbranched alkanes of at least 4 members (excludes halogenated alkanes) is 4. The number of nitrogens with zero attached hydrogens (tertiary/aromatic N) is 1. The fourth-order valence-corrected chi connectivity index (χ4v) is 3.05. The van der Waals surface area contributed by atoms with Gasteiger partial charge >= 0.3 is 0 Å². The Morgan fingerprint density at radius 1 is 1.00 bits per heavy atom. The molecule has 1 rings (SSSR count). The van der Waals surface area contributed by atoms with Crippen molar-refractivity contribution in [2.24, 2.45) is 0 Å². The predicted octanol–water partition coefficient (Wildman–Crippen LogP) is 3.94. The van der Waals surface area contributed by atoms with Crippen LogP contribution in [0.1, 0.15) is 93.4 Å². The van der Waals surface area contributed by atoms with Crippen LogP contribution in [0, 0.1) is 0 Å². The molecule has 0 saturated carbocycles. The molecule has 1 aliphatic heterocycles. The van der Waals surface area contributed by atoms with Gasteiger partial charge in [0.15, 0.2) is 0 Å². The van der Waals surface area contributed by atoms with E-state index in [9.17, 15) is 24.0 Å². The molecule has 0 bridgehead atoms. The molecule has 0 aromatic rings. The van der Waals surface area contributed by atoms with Crippen molar-refractivity contribution >= 4 is 42.5 Å². The summed E-state index contributed by atoms with van der Waals surface area (Å²) in [6, 6.07) is -0.694. The fraction of sp³-hybridized carbons (Fsp3) is 0.759. The zero-order valence-corrected chi connectivity index (χ0v) is 26.4. The van der Waals surface area contributed by atoms with E-state index < -0.39 is 30.2 Å². The topological polar surface area (TPSA) is 134 Å². The summed E-state index contributed by atoms with van der Waals surface area (Å²) >= 11 is 3.53. The van der Waals surface area contributed by atoms with Crippen molar-refractivity contribution in [1.82, 2.24) is 20.9 Å². The molecule has 11 heteroatoms. The van der Waals surface area contributed by atoms with Crippen molar-refractivity contribution < 1.29 is 28.7 Å². The Bertz CT molecular complexity index is 630. The second kappa shape index (κ2) is 38.7. The van der Waals surface area contributed by atoms with Gasteiger partial charge in [0.25, 0.3) is 5.91 Å². The number of likely N-dealkylation sites (tertiary alicyclic amines) is 1. The standard InChI is InChI=1S/C14H20N4O5.C8H18O.C3H8.C2H6.CH4S.CH4/c1-2-5-16-14(23)11(20)7-17-13(22)10-4-3-6-18(10)12(21)8-15-9-19;1-3-4-5-6-7-8-9-2;1-3-2;2*1-2;/h2,9-10H,1,3-8H2,(H,15,19)(H,16,23)(H,17,22);3-8H2,1-2H3;3H2,1-2H3;1-2H3;2H,1H3;1H4. The molecular formula is C29H60N4O6S. The second-order valence-electron chi connectivity index (χ2n) is 8.00. The molecule has 10 nitrogen and oxygen atoms in total. The highest BCUT2D eigenvalue weighted by atomic mass is 32.1. The quantitative estimate of drug-likeness (QED) is 0.0748. The summed E-state index contributed by atoms with van der Waals surface area (Å²) in [7, 11) is 1.76. The van der Waals surface area contributed by atoms with Crippen LogP contribution in [-0.4, -0.2) is 87.0 Å². The van der Waals surface area contributed by atoms with Gasteiger partial charge in [0.05, 0.1) is 13.1 Å². The molecule has 1 heterocycles. The van der Waals surface area contributed by atoms with Crippen LogP contribution in [0.4, 0.5) is 0 Å². The molecule has 238 valence electrons. The van der Waals surface area contributed by atoms with Crippen LogP contribution in [0.5, 0.6) is 0 Å². The highest BCUT2D eigenvalue weighted by Gasteiger charge is 2.34. The maximum atomic E-state index is 12.1. The third kappa shape index (κ3) is 28.6. The molecule has 0 aromatic heterocycles. The SMILES string of the molecule is C.C=CCNC(=O)C(=O)CNC(=O)C1CCCN1C(=O)CNC=O.CC.CCC.CCCCCCCOC.CS. The number of methoxy groups -OCH3 is 1. The number of carbonyl (C=O) groups is 5. The lowest BCUT2D eigenvalue weighted by atomic mass is 10.2. The van der Waals surface area contributed by atoms with Gasteiger partial charge in [-0.05, 0) is 25.5 Å². The number of hydrogen-bond donors (Lipinski definition) is 4. The number of hydrogen-bond acceptors (Lipinski definition) is 7. The summed E-state index contributed by atoms with van der Waals surface area (Å²) in [6.45, 7) is 14.8. The van der Waals surface area contributed by atoms with Crippen LogP contribution in [0.15, 0.2) is 12.7 Å². The molecule has 1 saturated heterocycles. The summed E-state index contributed by atoms with van der Waals surface area (Å²) in [4.78, 5) is 58.4. The Morgan fingerprint density at radius 2 is 1.57 bits per heavy atom. The third-order valence-corrected chi connectivity index (χ3v) is 4.75. The molecule has 0 aliphatic carbocycles. The lowest BCUT2D eigenvalue weighted by Crippen LogP contribution is -2.50. The van der Waals surface area contributed by atoms with E-state index in [0.717, 1.165) is 6.61 Å². The van der Waals surface area contributed by atoms with Gasteiger partial charge in [-0.3, -0.25) is 24.0 Å². The van der Waals surface area contributed by atoms with E-state index in [1.807, 2.05) is 13.8 Å².